The van der Waals surface area contributed by atoms with Gasteiger partial charge in [0.25, 0.3) is 0 Å². The molecule has 0 atom stereocenters. The molecule has 0 saturated carbocycles. The largest absolute Gasteiger partial charge is 0.493 e. The number of hydrogen-bond acceptors (Lipinski definition) is 6. The van der Waals surface area contributed by atoms with Crippen LogP contribution in [-0.4, -0.2) is 36.1 Å². The van der Waals surface area contributed by atoms with Crippen LogP contribution < -0.4 is 14.8 Å². The normalized spacial score (nSPS) is 10.4. The minimum absolute atomic E-state index is 0.134. The Hall–Kier alpha value is -3.13. The summed E-state index contributed by atoms with van der Waals surface area (Å²) < 4.78 is 23.4. The first kappa shape index (κ1) is 20.6. The molecule has 0 fully saturated rings. The molecule has 0 aliphatic carbocycles. The number of halogens is 1. The van der Waals surface area contributed by atoms with Gasteiger partial charge in [-0.2, -0.15) is 0 Å². The molecule has 0 bridgehead atoms. The summed E-state index contributed by atoms with van der Waals surface area (Å²) in [6.07, 6.45) is 0. The van der Waals surface area contributed by atoms with Crippen molar-refractivity contribution in [3.05, 3.63) is 66.0 Å². The lowest BCUT2D eigenvalue weighted by Gasteiger charge is -2.09. The average Bonchev–Trinajstić information content (AvgIpc) is 2.77. The Morgan fingerprint density at radius 3 is 2.41 bits per heavy atom. The lowest BCUT2D eigenvalue weighted by molar-refractivity contribution is -0.118. The number of aromatic nitrogens is 2. The summed E-state index contributed by atoms with van der Waals surface area (Å²) in [5.74, 6) is 1.04. The maximum absolute atomic E-state index is 12.9. The average molecular weight is 413 g/mol. The van der Waals surface area contributed by atoms with E-state index in [1.165, 1.54) is 23.9 Å². The fourth-order valence-electron chi connectivity index (χ4n) is 2.54. The van der Waals surface area contributed by atoms with E-state index < -0.39 is 0 Å². The first-order valence-electron chi connectivity index (χ1n) is 8.79. The molecule has 1 amide bonds. The Morgan fingerprint density at radius 2 is 1.76 bits per heavy atom. The van der Waals surface area contributed by atoms with Crippen molar-refractivity contribution in [1.29, 1.82) is 0 Å². The number of nitrogens with zero attached hydrogens (tertiary/aromatic N) is 2. The number of ether oxygens (including phenoxy) is 2. The van der Waals surface area contributed by atoms with Gasteiger partial charge in [0.15, 0.2) is 11.5 Å². The highest BCUT2D eigenvalue weighted by Crippen LogP contribution is 2.31. The Balaban J connectivity index is 1.54. The zero-order valence-corrected chi connectivity index (χ0v) is 16.8. The van der Waals surface area contributed by atoms with Gasteiger partial charge >= 0.3 is 0 Å². The first-order chi connectivity index (χ1) is 14.1. The molecule has 1 heterocycles. The molecule has 0 saturated heterocycles. The number of carbonyl (C=O) groups is 1. The molecule has 1 aromatic heterocycles. The van der Waals surface area contributed by atoms with Crippen LogP contribution in [0, 0.1) is 5.82 Å². The van der Waals surface area contributed by atoms with Crippen molar-refractivity contribution in [1.82, 2.24) is 15.5 Å². The van der Waals surface area contributed by atoms with E-state index in [0.717, 1.165) is 11.1 Å². The first-order valence-corrected chi connectivity index (χ1v) is 9.77. The Morgan fingerprint density at radius 1 is 1.00 bits per heavy atom. The van der Waals surface area contributed by atoms with Crippen molar-refractivity contribution in [2.24, 2.45) is 0 Å². The summed E-state index contributed by atoms with van der Waals surface area (Å²) in [7, 11) is 3.16. The molecule has 6 nitrogen and oxygen atoms in total. The van der Waals surface area contributed by atoms with Gasteiger partial charge in [-0.15, -0.1) is 10.2 Å². The van der Waals surface area contributed by atoms with Crippen LogP contribution in [0.2, 0.25) is 0 Å². The third-order valence-electron chi connectivity index (χ3n) is 4.07. The molecular formula is C21H20FN3O3S. The maximum atomic E-state index is 12.9. The van der Waals surface area contributed by atoms with Gasteiger partial charge in [-0.1, -0.05) is 23.9 Å². The summed E-state index contributed by atoms with van der Waals surface area (Å²) >= 11 is 1.29. The summed E-state index contributed by atoms with van der Waals surface area (Å²) in [4.78, 5) is 12.0. The van der Waals surface area contributed by atoms with E-state index in [2.05, 4.69) is 15.5 Å². The molecule has 3 aromatic rings. The molecule has 150 valence electrons. The molecule has 0 radical (unpaired) electrons. The van der Waals surface area contributed by atoms with Crippen LogP contribution in [0.1, 0.15) is 5.56 Å². The molecule has 29 heavy (non-hydrogen) atoms. The molecule has 0 aliphatic heterocycles. The highest BCUT2D eigenvalue weighted by molar-refractivity contribution is 7.99. The number of hydrogen-bond donors (Lipinski definition) is 1. The van der Waals surface area contributed by atoms with Gasteiger partial charge in [-0.05, 0) is 48.0 Å². The van der Waals surface area contributed by atoms with Crippen LogP contribution in [0.4, 0.5) is 4.39 Å². The van der Waals surface area contributed by atoms with E-state index in [9.17, 15) is 9.18 Å². The lowest BCUT2D eigenvalue weighted by atomic mass is 10.1. The molecule has 8 heteroatoms. The van der Waals surface area contributed by atoms with Gasteiger partial charge in [0, 0.05) is 12.1 Å². The Labute approximate surface area is 172 Å². The second-order valence-electron chi connectivity index (χ2n) is 6.02. The molecule has 0 aliphatic rings. The van der Waals surface area contributed by atoms with E-state index in [-0.39, 0.29) is 17.5 Å². The monoisotopic (exact) mass is 413 g/mol. The number of methoxy groups -OCH3 is 2. The quantitative estimate of drug-likeness (QED) is 0.568. The van der Waals surface area contributed by atoms with Crippen molar-refractivity contribution in [3.8, 4) is 22.8 Å². The smallest absolute Gasteiger partial charge is 0.230 e. The van der Waals surface area contributed by atoms with E-state index in [4.69, 9.17) is 9.47 Å². The molecule has 0 unspecified atom stereocenters. The van der Waals surface area contributed by atoms with Gasteiger partial charge < -0.3 is 14.8 Å². The fraction of sp³-hybridized carbons (Fsp3) is 0.190. The molecule has 3 rings (SSSR count). The lowest BCUT2D eigenvalue weighted by Crippen LogP contribution is -2.24. The minimum Gasteiger partial charge on any atom is -0.493 e. The molecule has 1 N–H and O–H groups in total. The second-order valence-corrected chi connectivity index (χ2v) is 7.01. The zero-order chi connectivity index (χ0) is 20.6. The standard InChI is InChI=1S/C21H20FN3O3S/c1-27-18-9-5-15(11-19(18)28-2)17-8-10-21(25-24-17)29-13-20(26)23-12-14-3-6-16(22)7-4-14/h3-11H,12-13H2,1-2H3,(H,23,26). The summed E-state index contributed by atoms with van der Waals surface area (Å²) in [5.41, 5.74) is 2.38. The number of rotatable bonds is 8. The number of amides is 1. The van der Waals surface area contributed by atoms with Gasteiger partial charge in [0.05, 0.1) is 25.7 Å². The number of benzene rings is 2. The zero-order valence-electron chi connectivity index (χ0n) is 16.0. The minimum atomic E-state index is -0.300. The van der Waals surface area contributed by atoms with E-state index in [1.54, 1.807) is 26.4 Å². The Bertz CT molecular complexity index is 966. The molecular weight excluding hydrogens is 393 g/mol. The number of nitrogens with one attached hydrogen (secondary N) is 1. The fourth-order valence-corrected chi connectivity index (χ4v) is 3.18. The maximum Gasteiger partial charge on any atom is 0.230 e. The van der Waals surface area contributed by atoms with E-state index >= 15 is 0 Å². The summed E-state index contributed by atoms with van der Waals surface area (Å²) in [6.45, 7) is 0.351. The third kappa shape index (κ3) is 5.68. The van der Waals surface area contributed by atoms with Gasteiger partial charge in [0.2, 0.25) is 5.91 Å². The second kappa shape index (κ2) is 9.88. The Kier molecular flexibility index (Phi) is 7.02. The van der Waals surface area contributed by atoms with Crippen LogP contribution in [0.3, 0.4) is 0 Å². The van der Waals surface area contributed by atoms with Crippen LogP contribution in [-0.2, 0) is 11.3 Å². The third-order valence-corrected chi connectivity index (χ3v) is 4.99. The van der Waals surface area contributed by atoms with Gasteiger partial charge in [-0.3, -0.25) is 4.79 Å². The van der Waals surface area contributed by atoms with E-state index in [0.29, 0.717) is 28.8 Å². The highest BCUT2D eigenvalue weighted by Gasteiger charge is 2.09. The number of thioether (sulfide) groups is 1. The molecule has 0 spiro atoms. The van der Waals surface area contributed by atoms with Gasteiger partial charge in [0.1, 0.15) is 10.8 Å². The SMILES string of the molecule is COc1ccc(-c2ccc(SCC(=O)NCc3ccc(F)cc3)nn2)cc1OC. The van der Waals surface area contributed by atoms with Crippen LogP contribution >= 0.6 is 11.8 Å². The number of carbonyl (C=O) groups excluding carboxylic acids is 1. The topological polar surface area (TPSA) is 73.3 Å². The van der Waals surface area contributed by atoms with Crippen molar-refractivity contribution in [2.45, 2.75) is 11.6 Å². The predicted molar refractivity (Wildman–Crippen MR) is 110 cm³/mol. The van der Waals surface area contributed by atoms with Crippen molar-refractivity contribution in [3.63, 3.8) is 0 Å². The predicted octanol–water partition coefficient (Wildman–Crippen LogP) is 3.71. The van der Waals surface area contributed by atoms with Crippen LogP contribution in [0.25, 0.3) is 11.3 Å². The summed E-state index contributed by atoms with van der Waals surface area (Å²) in [6, 6.07) is 15.2. The van der Waals surface area contributed by atoms with Gasteiger partial charge in [-0.25, -0.2) is 4.39 Å². The molecule has 2 aromatic carbocycles. The van der Waals surface area contributed by atoms with Crippen LogP contribution in [0.15, 0.2) is 59.6 Å². The van der Waals surface area contributed by atoms with E-state index in [1.807, 2.05) is 30.3 Å². The highest BCUT2D eigenvalue weighted by atomic mass is 32.2. The van der Waals surface area contributed by atoms with Crippen molar-refractivity contribution in [2.75, 3.05) is 20.0 Å². The summed E-state index contributed by atoms with van der Waals surface area (Å²) in [5, 5.41) is 11.8. The van der Waals surface area contributed by atoms with Crippen LogP contribution in [0.5, 0.6) is 11.5 Å². The van der Waals surface area contributed by atoms with Crippen molar-refractivity contribution >= 4 is 17.7 Å². The van der Waals surface area contributed by atoms with Crippen molar-refractivity contribution < 1.29 is 18.7 Å².